The van der Waals surface area contributed by atoms with E-state index in [1.807, 2.05) is 6.07 Å². The van der Waals surface area contributed by atoms with Gasteiger partial charge in [0, 0.05) is 4.70 Å². The zero-order valence-corrected chi connectivity index (χ0v) is 9.32. The minimum absolute atomic E-state index is 0.419. The van der Waals surface area contributed by atoms with Crippen molar-refractivity contribution in [3.8, 4) is 5.06 Å². The monoisotopic (exact) mass is 206 g/mol. The zero-order valence-electron chi connectivity index (χ0n) is 8.50. The summed E-state index contributed by atoms with van der Waals surface area (Å²) in [5.41, 5.74) is 2.70. The van der Waals surface area contributed by atoms with Crippen molar-refractivity contribution in [2.24, 2.45) is 0 Å². The van der Waals surface area contributed by atoms with Crippen molar-refractivity contribution in [3.63, 3.8) is 0 Å². The van der Waals surface area contributed by atoms with E-state index in [-0.39, 0.29) is 0 Å². The van der Waals surface area contributed by atoms with Gasteiger partial charge in [-0.2, -0.15) is 0 Å². The lowest BCUT2D eigenvalue weighted by Gasteiger charge is -2.03. The number of aryl methyl sites for hydroxylation is 2. The van der Waals surface area contributed by atoms with Crippen LogP contribution in [0.5, 0.6) is 5.06 Å². The molecule has 0 aliphatic rings. The van der Waals surface area contributed by atoms with Gasteiger partial charge in [0.2, 0.25) is 0 Å². The van der Waals surface area contributed by atoms with E-state index in [0.717, 1.165) is 12.8 Å². The van der Waals surface area contributed by atoms with Crippen molar-refractivity contribution in [1.29, 1.82) is 0 Å². The standard InChI is InChI=1S/C12H14OS/c1-3-8-5-9(4-2)10-7-12(13)14-11(10)6-8/h5-7,13H,3-4H2,1-2H3. The lowest BCUT2D eigenvalue weighted by molar-refractivity contribution is 0.491. The highest BCUT2D eigenvalue weighted by molar-refractivity contribution is 7.20. The molecular formula is C12H14OS. The van der Waals surface area contributed by atoms with E-state index < -0.39 is 0 Å². The molecule has 0 amide bonds. The second-order valence-electron chi connectivity index (χ2n) is 3.46. The van der Waals surface area contributed by atoms with Gasteiger partial charge >= 0.3 is 0 Å². The molecule has 0 bridgehead atoms. The first kappa shape index (κ1) is 9.53. The summed E-state index contributed by atoms with van der Waals surface area (Å²) in [6.45, 7) is 4.32. The minimum Gasteiger partial charge on any atom is -0.499 e. The minimum atomic E-state index is 0.419. The van der Waals surface area contributed by atoms with Crippen LogP contribution in [0.25, 0.3) is 10.1 Å². The van der Waals surface area contributed by atoms with Gasteiger partial charge in [0.25, 0.3) is 0 Å². The molecule has 2 rings (SSSR count). The maximum Gasteiger partial charge on any atom is 0.172 e. The first-order valence-corrected chi connectivity index (χ1v) is 5.80. The molecule has 0 saturated heterocycles. The molecule has 2 aromatic rings. The zero-order chi connectivity index (χ0) is 10.1. The fraction of sp³-hybridized carbons (Fsp3) is 0.333. The maximum atomic E-state index is 9.46. The largest absolute Gasteiger partial charge is 0.499 e. The molecule has 1 nitrogen and oxygen atoms in total. The molecule has 0 radical (unpaired) electrons. The average molecular weight is 206 g/mol. The van der Waals surface area contributed by atoms with Crippen LogP contribution in [0.3, 0.4) is 0 Å². The van der Waals surface area contributed by atoms with Gasteiger partial charge in [-0.1, -0.05) is 31.3 Å². The van der Waals surface area contributed by atoms with Crippen LogP contribution in [0.1, 0.15) is 25.0 Å². The van der Waals surface area contributed by atoms with E-state index >= 15 is 0 Å². The highest BCUT2D eigenvalue weighted by atomic mass is 32.1. The molecule has 1 N–H and O–H groups in total. The van der Waals surface area contributed by atoms with Crippen LogP contribution in [0, 0.1) is 0 Å². The van der Waals surface area contributed by atoms with E-state index in [1.165, 1.54) is 32.5 Å². The molecule has 0 saturated carbocycles. The van der Waals surface area contributed by atoms with E-state index in [0.29, 0.717) is 5.06 Å². The second-order valence-corrected chi connectivity index (χ2v) is 4.52. The van der Waals surface area contributed by atoms with Crippen molar-refractivity contribution >= 4 is 21.4 Å². The molecule has 1 aromatic heterocycles. The second kappa shape index (κ2) is 3.62. The Labute approximate surface area is 88.0 Å². The van der Waals surface area contributed by atoms with Gasteiger partial charge in [0.1, 0.15) is 0 Å². The summed E-state index contributed by atoms with van der Waals surface area (Å²) in [7, 11) is 0. The first-order valence-electron chi connectivity index (χ1n) is 4.99. The van der Waals surface area contributed by atoms with Gasteiger partial charge in [-0.05, 0) is 41.5 Å². The van der Waals surface area contributed by atoms with Crippen molar-refractivity contribution < 1.29 is 5.11 Å². The van der Waals surface area contributed by atoms with Gasteiger partial charge in [-0.25, -0.2) is 0 Å². The average Bonchev–Trinajstić information content (AvgIpc) is 2.56. The molecule has 0 atom stereocenters. The molecule has 2 heteroatoms. The molecule has 74 valence electrons. The van der Waals surface area contributed by atoms with E-state index in [4.69, 9.17) is 0 Å². The maximum absolute atomic E-state index is 9.46. The summed E-state index contributed by atoms with van der Waals surface area (Å²) < 4.78 is 1.21. The predicted molar refractivity (Wildman–Crippen MR) is 62.2 cm³/mol. The molecule has 14 heavy (non-hydrogen) atoms. The Kier molecular flexibility index (Phi) is 2.46. The van der Waals surface area contributed by atoms with E-state index in [2.05, 4.69) is 26.0 Å². The summed E-state index contributed by atoms with van der Waals surface area (Å²) in [5.74, 6) is 0. The molecule has 0 fully saturated rings. The third-order valence-corrected chi connectivity index (χ3v) is 3.44. The number of aromatic hydroxyl groups is 1. The third-order valence-electron chi connectivity index (χ3n) is 2.56. The third kappa shape index (κ3) is 1.50. The molecule has 0 spiro atoms. The summed E-state index contributed by atoms with van der Waals surface area (Å²) in [6, 6.07) is 6.30. The summed E-state index contributed by atoms with van der Waals surface area (Å²) in [4.78, 5) is 0. The Hall–Kier alpha value is -1.02. The topological polar surface area (TPSA) is 20.2 Å². The van der Waals surface area contributed by atoms with Crippen molar-refractivity contribution in [1.82, 2.24) is 0 Å². The van der Waals surface area contributed by atoms with Gasteiger partial charge in [-0.15, -0.1) is 0 Å². The molecule has 0 aliphatic heterocycles. The van der Waals surface area contributed by atoms with Crippen molar-refractivity contribution in [2.75, 3.05) is 0 Å². The Morgan fingerprint density at radius 1 is 1.14 bits per heavy atom. The Bertz CT molecular complexity index is 457. The number of hydrogen-bond acceptors (Lipinski definition) is 2. The number of benzene rings is 1. The van der Waals surface area contributed by atoms with Crippen molar-refractivity contribution in [2.45, 2.75) is 26.7 Å². The fourth-order valence-corrected chi connectivity index (χ4v) is 2.67. The normalized spacial score (nSPS) is 11.0. The summed E-state index contributed by atoms with van der Waals surface area (Å²) in [6.07, 6.45) is 2.09. The Morgan fingerprint density at radius 3 is 2.57 bits per heavy atom. The summed E-state index contributed by atoms with van der Waals surface area (Å²) in [5, 5.41) is 11.1. The number of thiophene rings is 1. The molecule has 1 aromatic carbocycles. The van der Waals surface area contributed by atoms with Crippen LogP contribution in [0.2, 0.25) is 0 Å². The first-order chi connectivity index (χ1) is 6.74. The SMILES string of the molecule is CCc1cc(CC)c2cc(O)sc2c1. The predicted octanol–water partition coefficient (Wildman–Crippen LogP) is 3.73. The number of rotatable bonds is 2. The quantitative estimate of drug-likeness (QED) is 0.793. The van der Waals surface area contributed by atoms with Gasteiger partial charge in [0.05, 0.1) is 0 Å². The Morgan fingerprint density at radius 2 is 1.93 bits per heavy atom. The lowest BCUT2D eigenvalue weighted by Crippen LogP contribution is -1.85. The Balaban J connectivity index is 2.72. The highest BCUT2D eigenvalue weighted by Gasteiger charge is 2.06. The fourth-order valence-electron chi connectivity index (χ4n) is 1.76. The van der Waals surface area contributed by atoms with Crippen LogP contribution in [-0.4, -0.2) is 5.11 Å². The van der Waals surface area contributed by atoms with E-state index in [1.54, 1.807) is 0 Å². The smallest absolute Gasteiger partial charge is 0.172 e. The van der Waals surface area contributed by atoms with Gasteiger partial charge in [-0.3, -0.25) is 0 Å². The van der Waals surface area contributed by atoms with Crippen LogP contribution >= 0.6 is 11.3 Å². The molecule has 0 unspecified atom stereocenters. The highest BCUT2D eigenvalue weighted by Crippen LogP contribution is 2.34. The molecule has 0 aliphatic carbocycles. The number of hydrogen-bond donors (Lipinski definition) is 1. The molecular weight excluding hydrogens is 192 g/mol. The lowest BCUT2D eigenvalue weighted by atomic mass is 10.0. The van der Waals surface area contributed by atoms with Crippen LogP contribution < -0.4 is 0 Å². The number of fused-ring (bicyclic) bond motifs is 1. The van der Waals surface area contributed by atoms with Crippen LogP contribution in [0.4, 0.5) is 0 Å². The van der Waals surface area contributed by atoms with Crippen LogP contribution in [0.15, 0.2) is 18.2 Å². The van der Waals surface area contributed by atoms with E-state index in [9.17, 15) is 5.11 Å². The summed E-state index contributed by atoms with van der Waals surface area (Å²) >= 11 is 1.47. The van der Waals surface area contributed by atoms with Gasteiger partial charge < -0.3 is 5.11 Å². The molecule has 1 heterocycles. The van der Waals surface area contributed by atoms with Crippen molar-refractivity contribution in [3.05, 3.63) is 29.3 Å². The van der Waals surface area contributed by atoms with Gasteiger partial charge in [0.15, 0.2) is 5.06 Å². The van der Waals surface area contributed by atoms with Crippen LogP contribution in [-0.2, 0) is 12.8 Å².